The van der Waals surface area contributed by atoms with E-state index in [-0.39, 0.29) is 23.8 Å². The van der Waals surface area contributed by atoms with Gasteiger partial charge in [0.05, 0.1) is 12.9 Å². The van der Waals surface area contributed by atoms with Crippen LogP contribution in [0.2, 0.25) is 0 Å². The van der Waals surface area contributed by atoms with Gasteiger partial charge in [-0.1, -0.05) is 80.6 Å². The number of rotatable bonds is 10. The zero-order chi connectivity index (χ0) is 25.2. The van der Waals surface area contributed by atoms with Crippen LogP contribution in [0.3, 0.4) is 0 Å². The van der Waals surface area contributed by atoms with Crippen molar-refractivity contribution >= 4 is 31.7 Å². The summed E-state index contributed by atoms with van der Waals surface area (Å²) in [7, 11) is -2.23. The fourth-order valence-corrected chi connectivity index (χ4v) is 4.32. The Hall–Kier alpha value is -2.26. The Labute approximate surface area is 197 Å². The summed E-state index contributed by atoms with van der Waals surface area (Å²) in [5, 5.41) is 1.33. The van der Waals surface area contributed by atoms with Crippen molar-refractivity contribution in [1.82, 2.24) is 0 Å². The summed E-state index contributed by atoms with van der Waals surface area (Å²) in [6, 6.07) is 13.2. The zero-order valence-electron chi connectivity index (χ0n) is 19.0. The molecule has 0 aromatic heterocycles. The molecule has 0 aliphatic heterocycles. The molecule has 0 saturated heterocycles. The van der Waals surface area contributed by atoms with E-state index in [0.717, 1.165) is 32.8 Å². The summed E-state index contributed by atoms with van der Waals surface area (Å²) in [5.74, 6) is -0.697. The first-order chi connectivity index (χ1) is 16.1. The average molecular weight is 505 g/mol. The van der Waals surface area contributed by atoms with E-state index in [1.54, 1.807) is 48.5 Å². The summed E-state index contributed by atoms with van der Waals surface area (Å²) in [4.78, 5) is 0. The molecule has 3 rings (SSSR count). The van der Waals surface area contributed by atoms with E-state index >= 15 is 0 Å². The van der Waals surface area contributed by atoms with Gasteiger partial charge in [0, 0.05) is 28.0 Å². The Kier molecular flexibility index (Phi) is 10.7. The molecule has 9 heteroatoms. The van der Waals surface area contributed by atoms with E-state index in [2.05, 4.69) is 4.18 Å². The van der Waals surface area contributed by atoms with Crippen LogP contribution in [-0.2, 0) is 14.3 Å². The fourth-order valence-electron chi connectivity index (χ4n) is 3.59. The molecule has 3 nitrogen and oxygen atoms in total. The first kappa shape index (κ1) is 28.0. The molecular weight excluding hydrogens is 475 g/mol. The third-order valence-corrected chi connectivity index (χ3v) is 6.71. The largest absolute Gasteiger partial charge is 0.389 e. The van der Waals surface area contributed by atoms with Gasteiger partial charge >= 0.3 is 6.18 Å². The minimum Gasteiger partial charge on any atom is -0.273 e. The lowest BCUT2D eigenvalue weighted by Crippen LogP contribution is -2.07. The van der Waals surface area contributed by atoms with E-state index in [1.165, 1.54) is 0 Å². The Balaban J connectivity index is 0.000000241. The highest BCUT2D eigenvalue weighted by Crippen LogP contribution is 2.30. The topological polar surface area (TPSA) is 43.4 Å². The first-order valence-corrected chi connectivity index (χ1v) is 12.7. The van der Waals surface area contributed by atoms with Gasteiger partial charge in [-0.25, -0.2) is 8.78 Å². The normalized spacial score (nSPS) is 12.1. The smallest absolute Gasteiger partial charge is 0.273 e. The van der Waals surface area contributed by atoms with Crippen LogP contribution in [0.5, 0.6) is 0 Å². The maximum atomic E-state index is 14.1. The van der Waals surface area contributed by atoms with Gasteiger partial charge in [-0.05, 0) is 12.8 Å². The number of alkyl halides is 3. The van der Waals surface area contributed by atoms with Gasteiger partial charge in [0.25, 0.3) is 10.1 Å². The number of hydrogen-bond donors (Lipinski definition) is 0. The number of hydrogen-bond acceptors (Lipinski definition) is 3. The fraction of sp³-hybridized carbons (Fsp3) is 0.440. The zero-order valence-corrected chi connectivity index (χ0v) is 19.8. The second kappa shape index (κ2) is 13.0. The summed E-state index contributed by atoms with van der Waals surface area (Å²) in [5.41, 5.74) is 0. The van der Waals surface area contributed by atoms with Crippen molar-refractivity contribution < 1.29 is 34.6 Å². The van der Waals surface area contributed by atoms with Crippen LogP contribution in [-0.4, -0.2) is 27.5 Å². The van der Waals surface area contributed by atoms with Crippen molar-refractivity contribution in [3.05, 3.63) is 60.2 Å². The first-order valence-electron chi connectivity index (χ1n) is 11.2. The van der Waals surface area contributed by atoms with Crippen molar-refractivity contribution in [2.24, 2.45) is 0 Å². The Morgan fingerprint density at radius 3 is 1.38 bits per heavy atom. The molecule has 188 valence electrons. The average Bonchev–Trinajstić information content (AvgIpc) is 2.81. The van der Waals surface area contributed by atoms with E-state index in [4.69, 9.17) is 0 Å². The van der Waals surface area contributed by atoms with Crippen molar-refractivity contribution in [2.75, 3.05) is 12.9 Å². The van der Waals surface area contributed by atoms with Crippen LogP contribution in [0.15, 0.2) is 48.5 Å². The minimum atomic E-state index is -4.05. The highest BCUT2D eigenvalue weighted by Gasteiger charge is 2.25. The predicted octanol–water partition coefficient (Wildman–Crippen LogP) is 7.92. The molecule has 0 amide bonds. The Bertz CT molecular complexity index is 1040. The number of fused-ring (bicyclic) bond motifs is 2. The quantitative estimate of drug-likeness (QED) is 0.122. The molecular formula is C25H29F5O3S. The van der Waals surface area contributed by atoms with Gasteiger partial charge in [0.2, 0.25) is 0 Å². The third kappa shape index (κ3) is 8.83. The maximum absolute atomic E-state index is 14.1. The lowest BCUT2D eigenvalue weighted by atomic mass is 10.0. The summed E-state index contributed by atoms with van der Waals surface area (Å²) < 4.78 is 89.8. The van der Waals surface area contributed by atoms with Gasteiger partial charge in [0.15, 0.2) is 0 Å². The molecule has 0 aliphatic rings. The molecule has 0 atom stereocenters. The standard InChI is InChI=1S/C14H8F2.C11H21F3O3S/c15-13-9-5-1-2-6-10(9)14(16)12-8-4-3-7-11(12)13;1-17-18(15,16)10-8-6-4-2-3-5-7-9-11(12,13)14/h1-8H;2-10H2,1H3. The van der Waals surface area contributed by atoms with Gasteiger partial charge in [-0.3, -0.25) is 4.18 Å². The third-order valence-electron chi connectivity index (χ3n) is 5.41. The summed E-state index contributed by atoms with van der Waals surface area (Å²) >= 11 is 0. The van der Waals surface area contributed by atoms with Crippen LogP contribution < -0.4 is 0 Å². The summed E-state index contributed by atoms with van der Waals surface area (Å²) in [6.07, 6.45) is -0.213. The monoisotopic (exact) mass is 504 g/mol. The van der Waals surface area contributed by atoms with E-state index in [9.17, 15) is 30.4 Å². The minimum absolute atomic E-state index is 0.0115. The molecule has 0 aliphatic carbocycles. The molecule has 3 aromatic carbocycles. The van der Waals surface area contributed by atoms with Gasteiger partial charge in [0.1, 0.15) is 11.6 Å². The van der Waals surface area contributed by atoms with Gasteiger partial charge in [-0.2, -0.15) is 21.6 Å². The van der Waals surface area contributed by atoms with Crippen LogP contribution in [0.1, 0.15) is 51.4 Å². The molecule has 0 saturated carbocycles. The molecule has 3 aromatic rings. The SMILES string of the molecule is COS(=O)(=O)CCCCCCCCCC(F)(F)F.Fc1c2ccccc2c(F)c2ccccc12. The molecule has 0 spiro atoms. The van der Waals surface area contributed by atoms with Gasteiger partial charge in [-0.15, -0.1) is 0 Å². The van der Waals surface area contributed by atoms with Crippen molar-refractivity contribution in [2.45, 2.75) is 57.5 Å². The number of unbranched alkanes of at least 4 members (excludes halogenated alkanes) is 6. The maximum Gasteiger partial charge on any atom is 0.389 e. The highest BCUT2D eigenvalue weighted by molar-refractivity contribution is 7.86. The number of benzene rings is 3. The van der Waals surface area contributed by atoms with Crippen LogP contribution >= 0.6 is 0 Å². The lowest BCUT2D eigenvalue weighted by Gasteiger charge is -2.06. The second-order valence-corrected chi connectivity index (χ2v) is 9.84. The van der Waals surface area contributed by atoms with E-state index in [1.807, 2.05) is 0 Å². The number of halogens is 5. The molecule has 0 radical (unpaired) electrons. The van der Waals surface area contributed by atoms with E-state index < -0.39 is 22.7 Å². The highest BCUT2D eigenvalue weighted by atomic mass is 32.2. The molecule has 0 bridgehead atoms. The molecule has 34 heavy (non-hydrogen) atoms. The lowest BCUT2D eigenvalue weighted by molar-refractivity contribution is -0.135. The molecule has 0 fully saturated rings. The predicted molar refractivity (Wildman–Crippen MR) is 125 cm³/mol. The van der Waals surface area contributed by atoms with Crippen LogP contribution in [0.4, 0.5) is 22.0 Å². The van der Waals surface area contributed by atoms with Gasteiger partial charge < -0.3 is 0 Å². The molecule has 0 N–H and O–H groups in total. The summed E-state index contributed by atoms with van der Waals surface area (Å²) in [6.45, 7) is 0. The van der Waals surface area contributed by atoms with Crippen molar-refractivity contribution in [3.8, 4) is 0 Å². The Morgan fingerprint density at radius 2 is 1.03 bits per heavy atom. The van der Waals surface area contributed by atoms with E-state index in [0.29, 0.717) is 34.4 Å². The molecule has 0 heterocycles. The molecule has 0 unspecified atom stereocenters. The van der Waals surface area contributed by atoms with Crippen LogP contribution in [0.25, 0.3) is 21.5 Å². The van der Waals surface area contributed by atoms with Crippen LogP contribution in [0, 0.1) is 11.6 Å². The van der Waals surface area contributed by atoms with Crippen molar-refractivity contribution in [1.29, 1.82) is 0 Å². The second-order valence-electron chi connectivity index (χ2n) is 7.99. The Morgan fingerprint density at radius 1 is 0.676 bits per heavy atom. The van der Waals surface area contributed by atoms with Crippen molar-refractivity contribution in [3.63, 3.8) is 0 Å².